The van der Waals surface area contributed by atoms with Crippen LogP contribution in [0.5, 0.6) is 0 Å². The predicted molar refractivity (Wildman–Crippen MR) is 39.8 cm³/mol. The topological polar surface area (TPSA) is 17.1 Å². The summed E-state index contributed by atoms with van der Waals surface area (Å²) in [4.78, 5) is 10.5. The summed E-state index contributed by atoms with van der Waals surface area (Å²) in [6.07, 6.45) is 5.34. The van der Waals surface area contributed by atoms with Crippen molar-refractivity contribution in [1.29, 1.82) is 0 Å². The van der Waals surface area contributed by atoms with Crippen molar-refractivity contribution < 1.29 is 4.79 Å². The van der Waals surface area contributed by atoms with Crippen LogP contribution >= 0.6 is 11.6 Å². The van der Waals surface area contributed by atoms with Crippen LogP contribution in [0.25, 0.3) is 0 Å². The fourth-order valence-corrected chi connectivity index (χ4v) is 2.10. The molecule has 2 rings (SSSR count). The molecule has 1 fully saturated rings. The minimum atomic E-state index is 0.263. The van der Waals surface area contributed by atoms with Crippen molar-refractivity contribution in [3.05, 3.63) is 10.6 Å². The van der Waals surface area contributed by atoms with Crippen LogP contribution in [0.4, 0.5) is 0 Å². The Morgan fingerprint density at radius 2 is 2.10 bits per heavy atom. The van der Waals surface area contributed by atoms with Gasteiger partial charge < -0.3 is 0 Å². The third kappa shape index (κ3) is 0.671. The molecular formula is C8H9ClO. The van der Waals surface area contributed by atoms with Crippen molar-refractivity contribution in [2.24, 2.45) is 5.41 Å². The molecule has 0 saturated heterocycles. The lowest BCUT2D eigenvalue weighted by Gasteiger charge is -2.03. The van der Waals surface area contributed by atoms with Gasteiger partial charge in [0, 0.05) is 16.0 Å². The standard InChI is InChI=1S/C8H9ClO/c9-7-1-2-8(3-4-8)6(7)5-10/h5H,1-4H2. The predicted octanol–water partition coefficient (Wildman–Crippen LogP) is 2.25. The average molecular weight is 157 g/mol. The van der Waals surface area contributed by atoms with Gasteiger partial charge in [0.2, 0.25) is 0 Å². The van der Waals surface area contributed by atoms with Gasteiger partial charge in [-0.05, 0) is 25.7 Å². The SMILES string of the molecule is O=CC1=C(Cl)CCC12CC2. The normalized spacial score (nSPS) is 27.7. The van der Waals surface area contributed by atoms with E-state index < -0.39 is 0 Å². The molecule has 10 heavy (non-hydrogen) atoms. The van der Waals surface area contributed by atoms with Crippen LogP contribution < -0.4 is 0 Å². The molecule has 0 aromatic carbocycles. The average Bonchev–Trinajstić information content (AvgIpc) is 2.60. The third-order valence-corrected chi connectivity index (χ3v) is 3.05. The van der Waals surface area contributed by atoms with E-state index in [1.807, 2.05) is 0 Å². The molecule has 0 N–H and O–H groups in total. The van der Waals surface area contributed by atoms with Crippen molar-refractivity contribution in [3.8, 4) is 0 Å². The minimum Gasteiger partial charge on any atom is -0.298 e. The molecular weight excluding hydrogens is 148 g/mol. The van der Waals surface area contributed by atoms with E-state index in [1.165, 1.54) is 12.8 Å². The quantitative estimate of drug-likeness (QED) is 0.533. The van der Waals surface area contributed by atoms with Gasteiger partial charge in [-0.3, -0.25) is 4.79 Å². The van der Waals surface area contributed by atoms with Gasteiger partial charge >= 0.3 is 0 Å². The van der Waals surface area contributed by atoms with Gasteiger partial charge in [-0.15, -0.1) is 0 Å². The van der Waals surface area contributed by atoms with Crippen molar-refractivity contribution in [3.63, 3.8) is 0 Å². The highest BCUT2D eigenvalue weighted by atomic mass is 35.5. The molecule has 2 heteroatoms. The number of aldehydes is 1. The minimum absolute atomic E-state index is 0.263. The van der Waals surface area contributed by atoms with Crippen LogP contribution in [0.3, 0.4) is 0 Å². The molecule has 0 aliphatic heterocycles. The second-order valence-electron chi connectivity index (χ2n) is 3.22. The van der Waals surface area contributed by atoms with Crippen LogP contribution in [-0.4, -0.2) is 6.29 Å². The first kappa shape index (κ1) is 6.41. The number of hydrogen-bond donors (Lipinski definition) is 0. The van der Waals surface area contributed by atoms with Gasteiger partial charge in [0.1, 0.15) is 6.29 Å². The Labute approximate surface area is 65.1 Å². The van der Waals surface area contributed by atoms with Crippen LogP contribution in [-0.2, 0) is 4.79 Å². The molecule has 0 bridgehead atoms. The number of carbonyl (C=O) groups excluding carboxylic acids is 1. The fourth-order valence-electron chi connectivity index (χ4n) is 1.77. The maximum absolute atomic E-state index is 10.5. The highest BCUT2D eigenvalue weighted by Gasteiger charge is 2.49. The lowest BCUT2D eigenvalue weighted by Crippen LogP contribution is -1.98. The number of rotatable bonds is 1. The van der Waals surface area contributed by atoms with Gasteiger partial charge in [-0.2, -0.15) is 0 Å². The maximum atomic E-state index is 10.5. The third-order valence-electron chi connectivity index (χ3n) is 2.66. The molecule has 54 valence electrons. The summed E-state index contributed by atoms with van der Waals surface area (Å²) in [5.41, 5.74) is 1.16. The number of carbonyl (C=O) groups is 1. The molecule has 1 saturated carbocycles. The first-order valence-corrected chi connectivity index (χ1v) is 4.01. The Balaban J connectivity index is 2.36. The number of halogens is 1. The van der Waals surface area contributed by atoms with E-state index in [-0.39, 0.29) is 5.41 Å². The van der Waals surface area contributed by atoms with E-state index in [0.717, 1.165) is 29.7 Å². The first-order valence-electron chi connectivity index (χ1n) is 3.63. The second-order valence-corrected chi connectivity index (χ2v) is 3.67. The summed E-state index contributed by atoms with van der Waals surface area (Å²) in [5.74, 6) is 0. The highest BCUT2D eigenvalue weighted by molar-refractivity contribution is 6.31. The van der Waals surface area contributed by atoms with Crippen LogP contribution in [0.1, 0.15) is 25.7 Å². The molecule has 2 aliphatic rings. The molecule has 0 aromatic rings. The lowest BCUT2D eigenvalue weighted by molar-refractivity contribution is -0.105. The molecule has 0 atom stereocenters. The molecule has 2 aliphatic carbocycles. The van der Waals surface area contributed by atoms with E-state index in [2.05, 4.69) is 0 Å². The fraction of sp³-hybridized carbons (Fsp3) is 0.625. The van der Waals surface area contributed by atoms with Crippen LogP contribution in [0.15, 0.2) is 10.6 Å². The first-order chi connectivity index (χ1) is 4.78. The Kier molecular flexibility index (Phi) is 1.19. The van der Waals surface area contributed by atoms with Gasteiger partial charge in [0.05, 0.1) is 0 Å². The summed E-state index contributed by atoms with van der Waals surface area (Å²) < 4.78 is 0. The summed E-state index contributed by atoms with van der Waals surface area (Å²) >= 11 is 5.85. The Hall–Kier alpha value is -0.300. The zero-order chi connectivity index (χ0) is 7.19. The Morgan fingerprint density at radius 1 is 1.40 bits per heavy atom. The summed E-state index contributed by atoms with van der Waals surface area (Å²) in [6.45, 7) is 0. The zero-order valence-corrected chi connectivity index (χ0v) is 6.45. The Morgan fingerprint density at radius 3 is 2.50 bits per heavy atom. The summed E-state index contributed by atoms with van der Waals surface area (Å²) in [5, 5.41) is 0.813. The van der Waals surface area contributed by atoms with Gasteiger partial charge in [-0.25, -0.2) is 0 Å². The van der Waals surface area contributed by atoms with Crippen LogP contribution in [0, 0.1) is 5.41 Å². The number of allylic oxidation sites excluding steroid dienone is 2. The number of hydrogen-bond acceptors (Lipinski definition) is 1. The zero-order valence-electron chi connectivity index (χ0n) is 5.69. The smallest absolute Gasteiger partial charge is 0.147 e. The molecule has 0 radical (unpaired) electrons. The van der Waals surface area contributed by atoms with E-state index in [0.29, 0.717) is 0 Å². The highest BCUT2D eigenvalue weighted by Crippen LogP contribution is 2.60. The largest absolute Gasteiger partial charge is 0.298 e. The van der Waals surface area contributed by atoms with E-state index in [4.69, 9.17) is 11.6 Å². The molecule has 1 spiro atoms. The molecule has 0 aromatic heterocycles. The van der Waals surface area contributed by atoms with Crippen molar-refractivity contribution in [2.75, 3.05) is 0 Å². The molecule has 0 unspecified atom stereocenters. The summed E-state index contributed by atoms with van der Waals surface area (Å²) in [7, 11) is 0. The van der Waals surface area contributed by atoms with Gasteiger partial charge in [0.25, 0.3) is 0 Å². The van der Waals surface area contributed by atoms with E-state index in [9.17, 15) is 4.79 Å². The van der Waals surface area contributed by atoms with E-state index in [1.54, 1.807) is 0 Å². The van der Waals surface area contributed by atoms with E-state index >= 15 is 0 Å². The van der Waals surface area contributed by atoms with Crippen molar-refractivity contribution >= 4 is 17.9 Å². The monoisotopic (exact) mass is 156 g/mol. The summed E-state index contributed by atoms with van der Waals surface area (Å²) in [6, 6.07) is 0. The maximum Gasteiger partial charge on any atom is 0.147 e. The van der Waals surface area contributed by atoms with Gasteiger partial charge in [-0.1, -0.05) is 11.6 Å². The second kappa shape index (κ2) is 1.85. The molecule has 0 heterocycles. The molecule has 1 nitrogen and oxygen atoms in total. The van der Waals surface area contributed by atoms with Crippen molar-refractivity contribution in [2.45, 2.75) is 25.7 Å². The van der Waals surface area contributed by atoms with Gasteiger partial charge in [0.15, 0.2) is 0 Å². The molecule has 0 amide bonds. The lowest BCUT2D eigenvalue weighted by atomic mass is 10.00. The Bertz CT molecular complexity index is 213. The van der Waals surface area contributed by atoms with Crippen molar-refractivity contribution in [1.82, 2.24) is 0 Å². The van der Waals surface area contributed by atoms with Crippen LogP contribution in [0.2, 0.25) is 0 Å².